The van der Waals surface area contributed by atoms with Crippen molar-refractivity contribution >= 4 is 21.7 Å². The van der Waals surface area contributed by atoms with Gasteiger partial charge in [0.1, 0.15) is 17.3 Å². The molecule has 2 aliphatic rings. The topological polar surface area (TPSA) is 138 Å². The van der Waals surface area contributed by atoms with Gasteiger partial charge in [0.15, 0.2) is 11.6 Å². The van der Waals surface area contributed by atoms with Crippen LogP contribution in [0.25, 0.3) is 0 Å². The number of anilines is 2. The number of hydrogen-bond donors (Lipinski definition) is 2. The Morgan fingerprint density at radius 3 is 2.59 bits per heavy atom. The number of hydrogen-bond acceptors (Lipinski definition) is 8. The standard InChI is InChI=1S/C21H23F2N7O3S/c1-21(6-7-21)30-11-27-29-20(30)33-14-3-2-12(8-14)13-9-25-19(26-10-13)28-15-4-5-16(34(24,31)32)18(23)17(15)22/h4-5,9-12,14H,2-3,6-8H2,1H3,(H2,24,31,32)(H,25,26,28)/t12-,14+/m1/s1. The van der Waals surface area contributed by atoms with E-state index in [1.54, 1.807) is 18.7 Å². The van der Waals surface area contributed by atoms with E-state index in [0.717, 1.165) is 49.8 Å². The van der Waals surface area contributed by atoms with Crippen molar-refractivity contribution in [3.63, 3.8) is 0 Å². The molecule has 0 aliphatic heterocycles. The quantitative estimate of drug-likeness (QED) is 0.515. The molecule has 13 heteroatoms. The molecule has 0 bridgehead atoms. The molecule has 5 rings (SSSR count). The Balaban J connectivity index is 1.23. The lowest BCUT2D eigenvalue weighted by Crippen LogP contribution is -2.19. The zero-order valence-electron chi connectivity index (χ0n) is 18.3. The highest BCUT2D eigenvalue weighted by Gasteiger charge is 2.42. The molecule has 2 atom stereocenters. The van der Waals surface area contributed by atoms with Gasteiger partial charge < -0.3 is 10.1 Å². The Labute approximate surface area is 194 Å². The first-order chi connectivity index (χ1) is 16.1. The smallest absolute Gasteiger partial charge is 0.317 e. The van der Waals surface area contributed by atoms with E-state index in [2.05, 4.69) is 32.4 Å². The molecule has 0 unspecified atom stereocenters. The molecular weight excluding hydrogens is 468 g/mol. The van der Waals surface area contributed by atoms with Crippen LogP contribution in [0.1, 0.15) is 50.5 Å². The number of halogens is 2. The second-order valence-corrected chi connectivity index (χ2v) is 10.5. The molecule has 10 nitrogen and oxygen atoms in total. The maximum absolute atomic E-state index is 14.3. The predicted octanol–water partition coefficient (Wildman–Crippen LogP) is 2.96. The number of aromatic nitrogens is 5. The Hall–Kier alpha value is -3.19. The highest BCUT2D eigenvalue weighted by molar-refractivity contribution is 7.89. The summed E-state index contributed by atoms with van der Waals surface area (Å²) < 4.78 is 59.1. The van der Waals surface area contributed by atoms with Crippen LogP contribution in [0.5, 0.6) is 6.01 Å². The van der Waals surface area contributed by atoms with E-state index in [0.29, 0.717) is 6.01 Å². The first kappa shape index (κ1) is 22.6. The number of ether oxygens (including phenoxy) is 1. The van der Waals surface area contributed by atoms with Crippen molar-refractivity contribution in [2.24, 2.45) is 5.14 Å². The second-order valence-electron chi connectivity index (χ2n) is 8.98. The summed E-state index contributed by atoms with van der Waals surface area (Å²) in [6.07, 6.45) is 9.66. The lowest BCUT2D eigenvalue weighted by molar-refractivity contribution is 0.175. The summed E-state index contributed by atoms with van der Waals surface area (Å²) in [4.78, 5) is 7.47. The van der Waals surface area contributed by atoms with Crippen molar-refractivity contribution in [3.05, 3.63) is 48.1 Å². The summed E-state index contributed by atoms with van der Waals surface area (Å²) >= 11 is 0. The van der Waals surface area contributed by atoms with Crippen molar-refractivity contribution in [3.8, 4) is 6.01 Å². The molecule has 3 aromatic rings. The highest BCUT2D eigenvalue weighted by atomic mass is 32.2. The van der Waals surface area contributed by atoms with Gasteiger partial charge in [0, 0.05) is 17.9 Å². The summed E-state index contributed by atoms with van der Waals surface area (Å²) in [5.74, 6) is -2.72. The summed E-state index contributed by atoms with van der Waals surface area (Å²) in [5, 5.41) is 15.6. The number of nitrogens with one attached hydrogen (secondary N) is 1. The minimum atomic E-state index is -4.38. The first-order valence-corrected chi connectivity index (χ1v) is 12.4. The SMILES string of the molecule is CC1(n2cnnc2O[C@H]2CC[C@@H](c3cnc(Nc4ccc(S(N)(=O)=O)c(F)c4F)nc3)C2)CC1. The molecular formula is C21H23F2N7O3S. The molecule has 0 spiro atoms. The van der Waals surface area contributed by atoms with E-state index in [-0.39, 0.29) is 29.2 Å². The number of primary sulfonamides is 1. The molecule has 2 fully saturated rings. The Bertz CT molecular complexity index is 1330. The molecule has 2 heterocycles. The third-order valence-corrected chi connectivity index (χ3v) is 7.40. The average molecular weight is 492 g/mol. The van der Waals surface area contributed by atoms with Crippen LogP contribution in [0.15, 0.2) is 35.7 Å². The van der Waals surface area contributed by atoms with Crippen LogP contribution in [-0.4, -0.2) is 39.3 Å². The van der Waals surface area contributed by atoms with Crippen molar-refractivity contribution in [1.29, 1.82) is 0 Å². The first-order valence-electron chi connectivity index (χ1n) is 10.8. The van der Waals surface area contributed by atoms with Gasteiger partial charge in [-0.2, -0.15) is 0 Å². The van der Waals surface area contributed by atoms with E-state index in [9.17, 15) is 17.2 Å². The lowest BCUT2D eigenvalue weighted by atomic mass is 10.0. The minimum absolute atomic E-state index is 0.00233. The normalized spacial score (nSPS) is 21.4. The van der Waals surface area contributed by atoms with E-state index in [1.165, 1.54) is 0 Å². The van der Waals surface area contributed by atoms with Crippen LogP contribution >= 0.6 is 0 Å². The minimum Gasteiger partial charge on any atom is -0.460 e. The Morgan fingerprint density at radius 1 is 1.18 bits per heavy atom. The van der Waals surface area contributed by atoms with Gasteiger partial charge in [-0.3, -0.25) is 4.57 Å². The predicted molar refractivity (Wildman–Crippen MR) is 117 cm³/mol. The summed E-state index contributed by atoms with van der Waals surface area (Å²) in [6, 6.07) is 2.49. The Kier molecular flexibility index (Phi) is 5.47. The Morgan fingerprint density at radius 2 is 1.91 bits per heavy atom. The van der Waals surface area contributed by atoms with E-state index >= 15 is 0 Å². The highest BCUT2D eigenvalue weighted by Crippen LogP contribution is 2.45. The molecule has 180 valence electrons. The zero-order valence-corrected chi connectivity index (χ0v) is 19.1. The van der Waals surface area contributed by atoms with Crippen LogP contribution < -0.4 is 15.2 Å². The van der Waals surface area contributed by atoms with E-state index in [1.807, 2.05) is 4.57 Å². The third kappa shape index (κ3) is 4.32. The fraction of sp³-hybridized carbons (Fsp3) is 0.429. The van der Waals surface area contributed by atoms with Crippen LogP contribution in [-0.2, 0) is 15.6 Å². The number of sulfonamides is 1. The van der Waals surface area contributed by atoms with Crippen molar-refractivity contribution in [2.45, 2.75) is 61.5 Å². The van der Waals surface area contributed by atoms with Gasteiger partial charge in [0.05, 0.1) is 5.69 Å². The lowest BCUT2D eigenvalue weighted by Gasteiger charge is -2.17. The summed E-state index contributed by atoms with van der Waals surface area (Å²) in [6.45, 7) is 2.16. The second kappa shape index (κ2) is 8.24. The molecule has 2 aliphatic carbocycles. The molecule has 2 aromatic heterocycles. The van der Waals surface area contributed by atoms with Crippen LogP contribution in [0, 0.1) is 11.6 Å². The van der Waals surface area contributed by atoms with Gasteiger partial charge in [0.2, 0.25) is 16.0 Å². The van der Waals surface area contributed by atoms with Crippen molar-refractivity contribution in [2.75, 3.05) is 5.32 Å². The van der Waals surface area contributed by atoms with Crippen LogP contribution in [0.3, 0.4) is 0 Å². The largest absolute Gasteiger partial charge is 0.460 e. The van der Waals surface area contributed by atoms with Crippen molar-refractivity contribution < 1.29 is 21.9 Å². The monoisotopic (exact) mass is 491 g/mol. The molecule has 3 N–H and O–H groups in total. The van der Waals surface area contributed by atoms with E-state index in [4.69, 9.17) is 9.88 Å². The van der Waals surface area contributed by atoms with Gasteiger partial charge in [0.25, 0.3) is 0 Å². The fourth-order valence-electron chi connectivity index (χ4n) is 4.18. The molecule has 1 aromatic carbocycles. The van der Waals surface area contributed by atoms with Crippen LogP contribution in [0.2, 0.25) is 0 Å². The molecule has 0 radical (unpaired) electrons. The zero-order chi connectivity index (χ0) is 24.1. The molecule has 2 saturated carbocycles. The van der Waals surface area contributed by atoms with Gasteiger partial charge in [-0.25, -0.2) is 32.3 Å². The van der Waals surface area contributed by atoms with Crippen molar-refractivity contribution in [1.82, 2.24) is 24.7 Å². The number of benzene rings is 1. The summed E-state index contributed by atoms with van der Waals surface area (Å²) in [5.41, 5.74) is 0.651. The maximum Gasteiger partial charge on any atom is 0.317 e. The fourth-order valence-corrected chi connectivity index (χ4v) is 4.77. The maximum atomic E-state index is 14.3. The third-order valence-electron chi connectivity index (χ3n) is 6.47. The molecule has 34 heavy (non-hydrogen) atoms. The number of nitrogens with zero attached hydrogens (tertiary/aromatic N) is 5. The van der Waals surface area contributed by atoms with Gasteiger partial charge >= 0.3 is 6.01 Å². The van der Waals surface area contributed by atoms with Gasteiger partial charge in [-0.1, -0.05) is 5.10 Å². The molecule has 0 saturated heterocycles. The van der Waals surface area contributed by atoms with Crippen LogP contribution in [0.4, 0.5) is 20.4 Å². The molecule has 0 amide bonds. The average Bonchev–Trinajstić information content (AvgIpc) is 3.16. The number of nitrogens with two attached hydrogens (primary N) is 1. The van der Waals surface area contributed by atoms with E-state index < -0.39 is 26.6 Å². The van der Waals surface area contributed by atoms with Gasteiger partial charge in [-0.15, -0.1) is 5.10 Å². The van der Waals surface area contributed by atoms with Gasteiger partial charge in [-0.05, 0) is 62.6 Å². The summed E-state index contributed by atoms with van der Waals surface area (Å²) in [7, 11) is -4.38. The number of rotatable bonds is 7.